The zero-order valence-electron chi connectivity index (χ0n) is 15.0. The highest BCUT2D eigenvalue weighted by Crippen LogP contribution is 2.14. The van der Waals surface area contributed by atoms with Crippen molar-refractivity contribution < 1.29 is 32.8 Å². The van der Waals surface area contributed by atoms with Crippen molar-refractivity contribution in [2.75, 3.05) is 11.9 Å². The summed E-state index contributed by atoms with van der Waals surface area (Å²) in [6, 6.07) is 6.11. The number of rotatable bonds is 7. The Bertz CT molecular complexity index is 946. The number of amides is 2. The Balaban J connectivity index is 1.86. The van der Waals surface area contributed by atoms with E-state index in [1.165, 1.54) is 25.1 Å². The van der Waals surface area contributed by atoms with E-state index in [1.807, 2.05) is 0 Å². The second-order valence-electron chi connectivity index (χ2n) is 5.82. The van der Waals surface area contributed by atoms with Crippen molar-refractivity contribution in [3.05, 3.63) is 69.8 Å². The van der Waals surface area contributed by atoms with Crippen LogP contribution in [-0.2, 0) is 14.3 Å². The monoisotopic (exact) mass is 407 g/mol. The molecule has 0 saturated carbocycles. The first-order chi connectivity index (χ1) is 13.7. The van der Waals surface area contributed by atoms with E-state index in [4.69, 9.17) is 4.74 Å². The van der Waals surface area contributed by atoms with Gasteiger partial charge in [0.05, 0.1) is 4.92 Å². The molecule has 2 amide bonds. The summed E-state index contributed by atoms with van der Waals surface area (Å²) < 4.78 is 30.9. The molecule has 152 valence electrons. The molecule has 0 fully saturated rings. The van der Waals surface area contributed by atoms with Gasteiger partial charge in [0.25, 0.3) is 17.5 Å². The van der Waals surface area contributed by atoms with Crippen LogP contribution in [0.1, 0.15) is 17.3 Å². The fraction of sp³-hybridized carbons (Fsp3) is 0.167. The van der Waals surface area contributed by atoms with Gasteiger partial charge in [-0.05, 0) is 25.1 Å². The standard InChI is InChI=1S/C18H15F2N3O6/c1-10(21-17(25)11-3-2-4-15(5-11)23(27)28)18(26)29-9-16(24)22-14-7-12(19)6-13(20)8-14/h2-8,10H,9H2,1H3,(H,21,25)(H,22,24)/t10-/m0/s1. The Hall–Kier alpha value is -3.89. The molecule has 2 aromatic rings. The molecule has 0 heterocycles. The largest absolute Gasteiger partial charge is 0.454 e. The smallest absolute Gasteiger partial charge is 0.328 e. The molecule has 0 aliphatic rings. The summed E-state index contributed by atoms with van der Waals surface area (Å²) in [4.78, 5) is 45.8. The number of hydrogen-bond acceptors (Lipinski definition) is 6. The molecule has 0 saturated heterocycles. The summed E-state index contributed by atoms with van der Waals surface area (Å²) in [5.41, 5.74) is -0.487. The summed E-state index contributed by atoms with van der Waals surface area (Å²) in [6.45, 7) is 0.533. The first-order valence-electron chi connectivity index (χ1n) is 8.13. The molecule has 0 aliphatic heterocycles. The highest BCUT2D eigenvalue weighted by Gasteiger charge is 2.20. The summed E-state index contributed by atoms with van der Waals surface area (Å²) in [5.74, 6) is -4.34. The molecule has 0 spiro atoms. The topological polar surface area (TPSA) is 128 Å². The maximum Gasteiger partial charge on any atom is 0.328 e. The molecule has 2 rings (SSSR count). The summed E-state index contributed by atoms with van der Waals surface area (Å²) in [7, 11) is 0. The van der Waals surface area contributed by atoms with Crippen molar-refractivity contribution in [2.45, 2.75) is 13.0 Å². The highest BCUT2D eigenvalue weighted by molar-refractivity contribution is 5.97. The SMILES string of the molecule is C[C@H](NC(=O)c1cccc([N+](=O)[O-])c1)C(=O)OCC(=O)Nc1cc(F)cc(F)c1. The fourth-order valence-corrected chi connectivity index (χ4v) is 2.18. The number of halogens is 2. The van der Waals surface area contributed by atoms with Gasteiger partial charge in [-0.2, -0.15) is 0 Å². The van der Waals surface area contributed by atoms with Crippen LogP contribution in [0.25, 0.3) is 0 Å². The van der Waals surface area contributed by atoms with E-state index < -0.39 is 47.0 Å². The van der Waals surface area contributed by atoms with Gasteiger partial charge >= 0.3 is 5.97 Å². The highest BCUT2D eigenvalue weighted by atomic mass is 19.1. The molecule has 11 heteroatoms. The van der Waals surface area contributed by atoms with E-state index in [0.717, 1.165) is 18.2 Å². The van der Waals surface area contributed by atoms with Gasteiger partial charge in [0.15, 0.2) is 6.61 Å². The lowest BCUT2D eigenvalue weighted by atomic mass is 10.2. The second kappa shape index (κ2) is 9.35. The number of esters is 1. The maximum atomic E-state index is 13.1. The Kier molecular flexibility index (Phi) is 6.90. The number of benzene rings is 2. The van der Waals surface area contributed by atoms with Crippen molar-refractivity contribution in [1.82, 2.24) is 5.32 Å². The molecule has 2 N–H and O–H groups in total. The van der Waals surface area contributed by atoms with Crippen LogP contribution in [0.2, 0.25) is 0 Å². The number of carbonyl (C=O) groups excluding carboxylic acids is 3. The van der Waals surface area contributed by atoms with Gasteiger partial charge in [-0.1, -0.05) is 6.07 Å². The van der Waals surface area contributed by atoms with Crippen LogP contribution < -0.4 is 10.6 Å². The normalized spacial score (nSPS) is 11.3. The average Bonchev–Trinajstić information content (AvgIpc) is 2.65. The van der Waals surface area contributed by atoms with Gasteiger partial charge in [0.1, 0.15) is 17.7 Å². The first kappa shape index (κ1) is 21.4. The minimum absolute atomic E-state index is 0.0373. The second-order valence-corrected chi connectivity index (χ2v) is 5.82. The van der Waals surface area contributed by atoms with Crippen molar-refractivity contribution in [2.24, 2.45) is 0 Å². The Morgan fingerprint density at radius 3 is 2.41 bits per heavy atom. The minimum atomic E-state index is -1.17. The number of nitrogens with zero attached hydrogens (tertiary/aromatic N) is 1. The number of ether oxygens (including phenoxy) is 1. The summed E-state index contributed by atoms with van der Waals surface area (Å²) in [6.07, 6.45) is 0. The van der Waals surface area contributed by atoms with E-state index in [0.29, 0.717) is 6.07 Å². The molecular weight excluding hydrogens is 392 g/mol. The van der Waals surface area contributed by atoms with Crippen LogP contribution in [-0.4, -0.2) is 35.4 Å². The molecule has 29 heavy (non-hydrogen) atoms. The number of hydrogen-bond donors (Lipinski definition) is 2. The third-order valence-corrected chi connectivity index (χ3v) is 3.51. The summed E-state index contributed by atoms with van der Waals surface area (Å²) >= 11 is 0. The van der Waals surface area contributed by atoms with Gasteiger partial charge in [-0.25, -0.2) is 13.6 Å². The summed E-state index contributed by atoms with van der Waals surface area (Å²) in [5, 5.41) is 15.2. The number of nitrogens with one attached hydrogen (secondary N) is 2. The quantitative estimate of drug-likeness (QED) is 0.411. The Labute approximate surface area is 162 Å². The van der Waals surface area contributed by atoms with Gasteiger partial charge in [0.2, 0.25) is 0 Å². The number of carbonyl (C=O) groups is 3. The van der Waals surface area contributed by atoms with E-state index in [9.17, 15) is 33.3 Å². The Morgan fingerprint density at radius 2 is 1.79 bits per heavy atom. The molecular formula is C18H15F2N3O6. The molecule has 0 unspecified atom stereocenters. The molecule has 0 radical (unpaired) electrons. The number of anilines is 1. The van der Waals surface area contributed by atoms with Crippen LogP contribution in [0, 0.1) is 21.7 Å². The molecule has 9 nitrogen and oxygen atoms in total. The van der Waals surface area contributed by atoms with Crippen LogP contribution in [0.3, 0.4) is 0 Å². The van der Waals surface area contributed by atoms with Crippen LogP contribution in [0.5, 0.6) is 0 Å². The van der Waals surface area contributed by atoms with Crippen LogP contribution in [0.15, 0.2) is 42.5 Å². The minimum Gasteiger partial charge on any atom is -0.454 e. The lowest BCUT2D eigenvalue weighted by molar-refractivity contribution is -0.384. The fourth-order valence-electron chi connectivity index (χ4n) is 2.18. The van der Waals surface area contributed by atoms with Gasteiger partial charge in [0, 0.05) is 29.4 Å². The molecule has 0 bridgehead atoms. The van der Waals surface area contributed by atoms with E-state index in [1.54, 1.807) is 0 Å². The predicted molar refractivity (Wildman–Crippen MR) is 96.0 cm³/mol. The third-order valence-electron chi connectivity index (χ3n) is 3.51. The van der Waals surface area contributed by atoms with Crippen LogP contribution in [0.4, 0.5) is 20.2 Å². The third kappa shape index (κ3) is 6.34. The van der Waals surface area contributed by atoms with Crippen molar-refractivity contribution in [3.8, 4) is 0 Å². The predicted octanol–water partition coefficient (Wildman–Crippen LogP) is 2.17. The lowest BCUT2D eigenvalue weighted by Crippen LogP contribution is -2.40. The zero-order chi connectivity index (χ0) is 21.6. The molecule has 0 aliphatic carbocycles. The van der Waals surface area contributed by atoms with Gasteiger partial charge in [-0.3, -0.25) is 19.7 Å². The molecule has 0 aromatic heterocycles. The van der Waals surface area contributed by atoms with Gasteiger partial charge < -0.3 is 15.4 Å². The van der Waals surface area contributed by atoms with E-state index in [2.05, 4.69) is 10.6 Å². The number of nitro groups is 1. The zero-order valence-corrected chi connectivity index (χ0v) is 15.0. The number of non-ortho nitro benzene ring substituents is 1. The Morgan fingerprint density at radius 1 is 1.14 bits per heavy atom. The van der Waals surface area contributed by atoms with Crippen molar-refractivity contribution in [3.63, 3.8) is 0 Å². The number of nitro benzene ring substituents is 1. The average molecular weight is 407 g/mol. The maximum absolute atomic E-state index is 13.1. The van der Waals surface area contributed by atoms with Crippen molar-refractivity contribution in [1.29, 1.82) is 0 Å². The lowest BCUT2D eigenvalue weighted by Gasteiger charge is -2.13. The first-order valence-corrected chi connectivity index (χ1v) is 8.13. The molecule has 2 aromatic carbocycles. The van der Waals surface area contributed by atoms with E-state index in [-0.39, 0.29) is 16.9 Å². The van der Waals surface area contributed by atoms with Gasteiger partial charge in [-0.15, -0.1) is 0 Å². The molecule has 1 atom stereocenters. The van der Waals surface area contributed by atoms with Crippen LogP contribution >= 0.6 is 0 Å². The van der Waals surface area contributed by atoms with E-state index >= 15 is 0 Å². The van der Waals surface area contributed by atoms with Crippen molar-refractivity contribution >= 4 is 29.2 Å².